The van der Waals surface area contributed by atoms with Crippen LogP contribution in [-0.4, -0.2) is 24.0 Å². The molecule has 0 aliphatic carbocycles. The third-order valence-corrected chi connectivity index (χ3v) is 3.07. The number of likely N-dealkylation sites (tertiary alicyclic amines) is 1. The lowest BCUT2D eigenvalue weighted by Gasteiger charge is -2.42. The summed E-state index contributed by atoms with van der Waals surface area (Å²) in [6.07, 6.45) is 9.32. The molecule has 1 saturated heterocycles. The topological polar surface area (TPSA) is 15.3 Å². The monoisotopic (exact) mass is 192 g/mol. The molecule has 0 aromatic heterocycles. The lowest BCUT2D eigenvalue weighted by molar-refractivity contribution is 0.138. The fourth-order valence-electron chi connectivity index (χ4n) is 2.13. The van der Waals surface area contributed by atoms with Gasteiger partial charge in [-0.25, -0.2) is 0 Å². The Morgan fingerprint density at radius 3 is 2.86 bits per heavy atom. The zero-order chi connectivity index (χ0) is 9.97. The van der Waals surface area contributed by atoms with Crippen molar-refractivity contribution in [3.05, 3.63) is 24.0 Å². The molecule has 2 aliphatic heterocycles. The second-order valence-corrected chi connectivity index (χ2v) is 4.44. The highest BCUT2D eigenvalue weighted by Crippen LogP contribution is 2.25. The number of nitrogens with one attached hydrogen (secondary N) is 1. The molecule has 2 heteroatoms. The van der Waals surface area contributed by atoms with E-state index >= 15 is 0 Å². The van der Waals surface area contributed by atoms with Crippen LogP contribution in [0.15, 0.2) is 24.0 Å². The van der Waals surface area contributed by atoms with Crippen LogP contribution in [-0.2, 0) is 0 Å². The molecule has 1 atom stereocenters. The van der Waals surface area contributed by atoms with Gasteiger partial charge in [0.2, 0.25) is 0 Å². The largest absolute Gasteiger partial charge is 0.383 e. The maximum atomic E-state index is 3.34. The first-order valence-electron chi connectivity index (χ1n) is 5.69. The minimum absolute atomic E-state index is 0.492. The first-order valence-corrected chi connectivity index (χ1v) is 5.69. The van der Waals surface area contributed by atoms with Crippen molar-refractivity contribution in [1.82, 2.24) is 10.2 Å². The molecule has 0 spiro atoms. The van der Waals surface area contributed by atoms with Crippen molar-refractivity contribution in [2.75, 3.05) is 13.1 Å². The summed E-state index contributed by atoms with van der Waals surface area (Å²) in [7, 11) is 0. The third-order valence-electron chi connectivity index (χ3n) is 3.07. The number of hydrogen-bond donors (Lipinski definition) is 1. The molecule has 2 rings (SSSR count). The second kappa shape index (κ2) is 4.07. The molecule has 2 nitrogen and oxygen atoms in total. The zero-order valence-electron chi connectivity index (χ0n) is 9.16. The van der Waals surface area contributed by atoms with Gasteiger partial charge in [0, 0.05) is 25.3 Å². The predicted molar refractivity (Wildman–Crippen MR) is 59.8 cm³/mol. The molecule has 0 aromatic carbocycles. The Labute approximate surface area is 86.7 Å². The second-order valence-electron chi connectivity index (χ2n) is 4.44. The molecule has 0 radical (unpaired) electrons. The molecule has 1 unspecified atom stereocenters. The molecule has 0 bridgehead atoms. The normalized spacial score (nSPS) is 26.9. The Kier molecular flexibility index (Phi) is 2.80. The van der Waals surface area contributed by atoms with Crippen LogP contribution in [0, 0.1) is 5.92 Å². The number of allylic oxidation sites excluding steroid dienone is 1. The Morgan fingerprint density at radius 2 is 2.29 bits per heavy atom. The highest BCUT2D eigenvalue weighted by atomic mass is 15.2. The van der Waals surface area contributed by atoms with Gasteiger partial charge in [0.15, 0.2) is 0 Å². The van der Waals surface area contributed by atoms with Crippen LogP contribution in [0.5, 0.6) is 0 Å². The van der Waals surface area contributed by atoms with E-state index in [1.165, 1.54) is 31.6 Å². The van der Waals surface area contributed by atoms with Gasteiger partial charge in [0.25, 0.3) is 0 Å². The average molecular weight is 192 g/mol. The summed E-state index contributed by atoms with van der Waals surface area (Å²) >= 11 is 0. The SMILES string of the molecule is CCCC1CN(C2=CNC(C)C=C2)C1. The maximum absolute atomic E-state index is 3.34. The highest BCUT2D eigenvalue weighted by Gasteiger charge is 2.26. The standard InChI is InChI=1S/C12H20N2/c1-3-4-11-8-14(9-11)12-6-5-10(2)13-7-12/h5-7,10-11,13H,3-4,8-9H2,1-2H3. The predicted octanol–water partition coefficient (Wildman–Crippen LogP) is 2.11. The average Bonchev–Trinajstić information content (AvgIpc) is 2.13. The molecule has 2 aliphatic rings. The van der Waals surface area contributed by atoms with Gasteiger partial charge in [-0.3, -0.25) is 0 Å². The van der Waals surface area contributed by atoms with Crippen LogP contribution in [0.1, 0.15) is 26.7 Å². The van der Waals surface area contributed by atoms with Gasteiger partial charge in [0.05, 0.1) is 5.70 Å². The number of nitrogens with zero attached hydrogens (tertiary/aromatic N) is 1. The Morgan fingerprint density at radius 1 is 1.50 bits per heavy atom. The summed E-state index contributed by atoms with van der Waals surface area (Å²) in [4.78, 5) is 2.45. The van der Waals surface area contributed by atoms with Gasteiger partial charge in [-0.1, -0.05) is 19.4 Å². The molecule has 14 heavy (non-hydrogen) atoms. The first-order chi connectivity index (χ1) is 6.79. The summed E-state index contributed by atoms with van der Waals surface area (Å²) in [5.74, 6) is 0.939. The Balaban J connectivity index is 1.80. The minimum Gasteiger partial charge on any atom is -0.383 e. The molecular formula is C12H20N2. The van der Waals surface area contributed by atoms with E-state index in [0.29, 0.717) is 6.04 Å². The van der Waals surface area contributed by atoms with Crippen LogP contribution in [0.2, 0.25) is 0 Å². The molecule has 2 heterocycles. The van der Waals surface area contributed by atoms with E-state index in [1.807, 2.05) is 0 Å². The zero-order valence-corrected chi connectivity index (χ0v) is 9.16. The molecular weight excluding hydrogens is 172 g/mol. The first kappa shape index (κ1) is 9.63. The van der Waals surface area contributed by atoms with E-state index in [1.54, 1.807) is 0 Å². The van der Waals surface area contributed by atoms with E-state index in [0.717, 1.165) is 5.92 Å². The maximum Gasteiger partial charge on any atom is 0.0523 e. The molecule has 78 valence electrons. The van der Waals surface area contributed by atoms with E-state index in [-0.39, 0.29) is 0 Å². The van der Waals surface area contributed by atoms with Crippen molar-refractivity contribution in [3.63, 3.8) is 0 Å². The summed E-state index contributed by atoms with van der Waals surface area (Å²) < 4.78 is 0. The summed E-state index contributed by atoms with van der Waals surface area (Å²) in [6.45, 7) is 6.94. The quantitative estimate of drug-likeness (QED) is 0.736. The lowest BCUT2D eigenvalue weighted by atomic mass is 9.94. The fourth-order valence-corrected chi connectivity index (χ4v) is 2.13. The Bertz CT molecular complexity index is 249. The fraction of sp³-hybridized carbons (Fsp3) is 0.667. The van der Waals surface area contributed by atoms with Crippen molar-refractivity contribution >= 4 is 0 Å². The van der Waals surface area contributed by atoms with Crippen molar-refractivity contribution in [1.29, 1.82) is 0 Å². The van der Waals surface area contributed by atoms with Gasteiger partial charge in [-0.15, -0.1) is 0 Å². The van der Waals surface area contributed by atoms with Crippen LogP contribution >= 0.6 is 0 Å². The van der Waals surface area contributed by atoms with Gasteiger partial charge in [-0.2, -0.15) is 0 Å². The van der Waals surface area contributed by atoms with Crippen LogP contribution in [0.3, 0.4) is 0 Å². The van der Waals surface area contributed by atoms with Gasteiger partial charge in [0.1, 0.15) is 0 Å². The molecule has 1 N–H and O–H groups in total. The van der Waals surface area contributed by atoms with Crippen LogP contribution < -0.4 is 5.32 Å². The van der Waals surface area contributed by atoms with Gasteiger partial charge in [-0.05, 0) is 25.3 Å². The highest BCUT2D eigenvalue weighted by molar-refractivity contribution is 5.24. The summed E-state index contributed by atoms with van der Waals surface area (Å²) in [5, 5.41) is 3.34. The molecule has 0 saturated carbocycles. The smallest absolute Gasteiger partial charge is 0.0523 e. The molecule has 1 fully saturated rings. The Hall–Kier alpha value is -0.920. The van der Waals surface area contributed by atoms with Gasteiger partial charge < -0.3 is 10.2 Å². The van der Waals surface area contributed by atoms with E-state index in [4.69, 9.17) is 0 Å². The minimum atomic E-state index is 0.492. The number of rotatable bonds is 3. The van der Waals surface area contributed by atoms with Crippen molar-refractivity contribution in [3.8, 4) is 0 Å². The van der Waals surface area contributed by atoms with E-state index in [9.17, 15) is 0 Å². The van der Waals surface area contributed by atoms with Crippen molar-refractivity contribution < 1.29 is 0 Å². The van der Waals surface area contributed by atoms with Gasteiger partial charge >= 0.3 is 0 Å². The summed E-state index contributed by atoms with van der Waals surface area (Å²) in [6, 6.07) is 0.492. The summed E-state index contributed by atoms with van der Waals surface area (Å²) in [5.41, 5.74) is 1.36. The van der Waals surface area contributed by atoms with Crippen LogP contribution in [0.4, 0.5) is 0 Å². The van der Waals surface area contributed by atoms with E-state index in [2.05, 4.69) is 42.4 Å². The van der Waals surface area contributed by atoms with E-state index < -0.39 is 0 Å². The van der Waals surface area contributed by atoms with Crippen molar-refractivity contribution in [2.45, 2.75) is 32.7 Å². The molecule has 0 aromatic rings. The van der Waals surface area contributed by atoms with Crippen molar-refractivity contribution in [2.24, 2.45) is 5.92 Å². The lowest BCUT2D eigenvalue weighted by Crippen LogP contribution is -2.46. The number of dihydropyridines is 1. The third kappa shape index (κ3) is 1.94. The van der Waals surface area contributed by atoms with Crippen LogP contribution in [0.25, 0.3) is 0 Å². The molecule has 0 amide bonds. The number of hydrogen-bond acceptors (Lipinski definition) is 2.